The number of likely N-dealkylation sites (tertiary alicyclic amines) is 1. The Hall–Kier alpha value is -1.99. The zero-order valence-corrected chi connectivity index (χ0v) is 20.3. The number of morpholine rings is 1. The van der Waals surface area contributed by atoms with Gasteiger partial charge in [-0.15, -0.1) is 0 Å². The molecule has 32 heavy (non-hydrogen) atoms. The molecule has 0 unspecified atom stereocenters. The van der Waals surface area contributed by atoms with E-state index in [1.54, 1.807) is 0 Å². The highest BCUT2D eigenvalue weighted by Gasteiger charge is 2.37. The smallest absolute Gasteiger partial charge is 0.410 e. The van der Waals surface area contributed by atoms with Crippen molar-refractivity contribution in [2.45, 2.75) is 71.2 Å². The first kappa shape index (κ1) is 23.2. The average Bonchev–Trinajstić information content (AvgIpc) is 3.21. The molecule has 3 aliphatic heterocycles. The van der Waals surface area contributed by atoms with Gasteiger partial charge in [-0.25, -0.2) is 9.59 Å². The van der Waals surface area contributed by atoms with Crippen LogP contribution < -0.4 is 0 Å². The highest BCUT2D eigenvalue weighted by molar-refractivity contribution is 6.30. The van der Waals surface area contributed by atoms with Crippen LogP contribution >= 0.6 is 11.6 Å². The summed E-state index contributed by atoms with van der Waals surface area (Å²) < 4.78 is 11.2. The number of nitrogens with zero attached hydrogens (tertiary/aromatic N) is 3. The Balaban J connectivity index is 1.60. The van der Waals surface area contributed by atoms with Crippen molar-refractivity contribution in [3.63, 3.8) is 0 Å². The van der Waals surface area contributed by atoms with E-state index in [4.69, 9.17) is 21.1 Å². The Labute approximate surface area is 195 Å². The molecule has 0 saturated carbocycles. The van der Waals surface area contributed by atoms with Gasteiger partial charge < -0.3 is 24.2 Å². The van der Waals surface area contributed by atoms with Crippen LogP contribution in [0.2, 0.25) is 5.02 Å². The van der Waals surface area contributed by atoms with Crippen LogP contribution in [-0.2, 0) is 22.4 Å². The molecule has 2 fully saturated rings. The minimum Gasteiger partial charge on any atom is -0.444 e. The Kier molecular flexibility index (Phi) is 6.59. The van der Waals surface area contributed by atoms with E-state index in [9.17, 15) is 9.59 Å². The lowest BCUT2D eigenvalue weighted by atomic mass is 9.90. The normalized spacial score (nSPS) is 23.8. The largest absolute Gasteiger partial charge is 0.444 e. The summed E-state index contributed by atoms with van der Waals surface area (Å²) in [4.78, 5) is 31.8. The van der Waals surface area contributed by atoms with Crippen LogP contribution in [0.1, 0.15) is 63.3 Å². The zero-order chi connectivity index (χ0) is 23.0. The Morgan fingerprint density at radius 3 is 2.66 bits per heavy atom. The predicted molar refractivity (Wildman–Crippen MR) is 123 cm³/mol. The molecule has 3 amide bonds. The Morgan fingerprint density at radius 2 is 1.94 bits per heavy atom. The number of hydrogen-bond acceptors (Lipinski definition) is 4. The lowest BCUT2D eigenvalue weighted by Gasteiger charge is -2.40. The van der Waals surface area contributed by atoms with E-state index in [1.807, 2.05) is 54.5 Å². The van der Waals surface area contributed by atoms with Crippen LogP contribution in [-0.4, -0.2) is 71.3 Å². The SMILES string of the molecule is C[C@H]1COCCN1C(=O)N1CCc2cc(Cl)cc([C@@H]3CCCN3C(=O)OC(C)(C)C)c2C1. The molecule has 0 N–H and O–H groups in total. The molecule has 4 rings (SSSR count). The van der Waals surface area contributed by atoms with E-state index in [0.29, 0.717) is 44.4 Å². The van der Waals surface area contributed by atoms with Gasteiger partial charge in [-0.05, 0) is 75.8 Å². The molecule has 2 saturated heterocycles. The van der Waals surface area contributed by atoms with Gasteiger partial charge in [0.1, 0.15) is 5.60 Å². The summed E-state index contributed by atoms with van der Waals surface area (Å²) in [5.41, 5.74) is 2.79. The molecule has 0 spiro atoms. The molecule has 0 aromatic heterocycles. The summed E-state index contributed by atoms with van der Waals surface area (Å²) >= 11 is 6.50. The number of carbonyl (C=O) groups excluding carboxylic acids is 2. The minimum absolute atomic E-state index is 0.0581. The summed E-state index contributed by atoms with van der Waals surface area (Å²) in [7, 11) is 0. The fourth-order valence-corrected chi connectivity index (χ4v) is 5.19. The van der Waals surface area contributed by atoms with Gasteiger partial charge in [0.15, 0.2) is 0 Å². The van der Waals surface area contributed by atoms with Gasteiger partial charge in [-0.3, -0.25) is 0 Å². The number of rotatable bonds is 1. The van der Waals surface area contributed by atoms with Crippen molar-refractivity contribution in [2.24, 2.45) is 0 Å². The zero-order valence-electron chi connectivity index (χ0n) is 19.5. The molecule has 7 nitrogen and oxygen atoms in total. The van der Waals surface area contributed by atoms with E-state index in [0.717, 1.165) is 30.4 Å². The van der Waals surface area contributed by atoms with Crippen molar-refractivity contribution in [3.05, 3.63) is 33.8 Å². The number of ether oxygens (including phenoxy) is 2. The summed E-state index contributed by atoms with van der Waals surface area (Å²) in [6.07, 6.45) is 2.24. The number of carbonyl (C=O) groups is 2. The third kappa shape index (κ3) is 4.84. The van der Waals surface area contributed by atoms with Crippen molar-refractivity contribution in [1.82, 2.24) is 14.7 Å². The first-order chi connectivity index (χ1) is 15.1. The topological polar surface area (TPSA) is 62.3 Å². The van der Waals surface area contributed by atoms with Gasteiger partial charge in [0, 0.05) is 31.2 Å². The Bertz CT molecular complexity index is 885. The van der Waals surface area contributed by atoms with Crippen LogP contribution in [0.3, 0.4) is 0 Å². The second-order valence-corrected chi connectivity index (χ2v) is 10.5. The lowest BCUT2D eigenvalue weighted by molar-refractivity contribution is 0.00923. The molecule has 0 aliphatic carbocycles. The fraction of sp³-hybridized carbons (Fsp3) is 0.667. The van der Waals surface area contributed by atoms with Gasteiger partial charge in [0.05, 0.1) is 25.3 Å². The quantitative estimate of drug-likeness (QED) is 0.610. The predicted octanol–water partition coefficient (Wildman–Crippen LogP) is 4.61. The molecule has 1 aromatic rings. The second-order valence-electron chi connectivity index (χ2n) is 10.0. The number of amides is 3. The van der Waals surface area contributed by atoms with Crippen molar-refractivity contribution < 1.29 is 19.1 Å². The van der Waals surface area contributed by atoms with E-state index in [1.165, 1.54) is 5.56 Å². The molecule has 2 atom stereocenters. The number of fused-ring (bicyclic) bond motifs is 1. The van der Waals surface area contributed by atoms with Crippen molar-refractivity contribution in [1.29, 1.82) is 0 Å². The van der Waals surface area contributed by atoms with Gasteiger partial charge >= 0.3 is 12.1 Å². The van der Waals surface area contributed by atoms with Gasteiger partial charge in [-0.1, -0.05) is 11.6 Å². The summed E-state index contributed by atoms with van der Waals surface area (Å²) in [5, 5.41) is 0.677. The van der Waals surface area contributed by atoms with E-state index < -0.39 is 5.60 Å². The number of halogens is 1. The maximum atomic E-state index is 13.3. The highest BCUT2D eigenvalue weighted by Crippen LogP contribution is 2.39. The molecule has 8 heteroatoms. The van der Waals surface area contributed by atoms with Gasteiger partial charge in [-0.2, -0.15) is 0 Å². The summed E-state index contributed by atoms with van der Waals surface area (Å²) in [6.45, 7) is 11.3. The van der Waals surface area contributed by atoms with Gasteiger partial charge in [0.25, 0.3) is 0 Å². The standard InChI is InChI=1S/C24H34ClN3O4/c1-16-15-31-11-10-27(16)22(29)26-9-7-17-12-18(25)13-19(20(17)14-26)21-6-5-8-28(21)23(30)32-24(2,3)4/h12-13,16,21H,5-11,14-15H2,1-4H3/t16-,21-/m0/s1. The minimum atomic E-state index is -0.546. The molecule has 3 aliphatic rings. The third-order valence-electron chi connectivity index (χ3n) is 6.47. The molecular weight excluding hydrogens is 430 g/mol. The molecule has 0 radical (unpaired) electrons. The molecule has 0 bridgehead atoms. The monoisotopic (exact) mass is 463 g/mol. The van der Waals surface area contributed by atoms with E-state index in [2.05, 4.69) is 0 Å². The highest BCUT2D eigenvalue weighted by atomic mass is 35.5. The maximum absolute atomic E-state index is 13.3. The number of benzene rings is 1. The number of hydrogen-bond donors (Lipinski definition) is 0. The van der Waals surface area contributed by atoms with Crippen molar-refractivity contribution in [2.75, 3.05) is 32.8 Å². The Morgan fingerprint density at radius 1 is 1.16 bits per heavy atom. The van der Waals surface area contributed by atoms with E-state index in [-0.39, 0.29) is 24.2 Å². The van der Waals surface area contributed by atoms with Crippen LogP contribution in [0.25, 0.3) is 0 Å². The van der Waals surface area contributed by atoms with Crippen LogP contribution in [0, 0.1) is 0 Å². The first-order valence-electron chi connectivity index (χ1n) is 11.6. The first-order valence-corrected chi connectivity index (χ1v) is 12.0. The fourth-order valence-electron chi connectivity index (χ4n) is 4.94. The molecule has 176 valence electrons. The average molecular weight is 464 g/mol. The van der Waals surface area contributed by atoms with E-state index >= 15 is 0 Å². The van der Waals surface area contributed by atoms with Crippen molar-refractivity contribution >= 4 is 23.7 Å². The lowest BCUT2D eigenvalue weighted by Crippen LogP contribution is -2.53. The molecular formula is C24H34ClN3O4. The second kappa shape index (κ2) is 9.10. The third-order valence-corrected chi connectivity index (χ3v) is 6.68. The van der Waals surface area contributed by atoms with Crippen LogP contribution in [0.4, 0.5) is 9.59 Å². The van der Waals surface area contributed by atoms with Gasteiger partial charge in [0.2, 0.25) is 0 Å². The van der Waals surface area contributed by atoms with Crippen LogP contribution in [0.15, 0.2) is 12.1 Å². The van der Waals surface area contributed by atoms with Crippen LogP contribution in [0.5, 0.6) is 0 Å². The summed E-state index contributed by atoms with van der Waals surface area (Å²) in [5.74, 6) is 0. The van der Waals surface area contributed by atoms with Crippen molar-refractivity contribution in [3.8, 4) is 0 Å². The molecule has 1 aromatic carbocycles. The summed E-state index contributed by atoms with van der Waals surface area (Å²) in [6, 6.07) is 4.02. The maximum Gasteiger partial charge on any atom is 0.410 e. The molecule has 3 heterocycles. The number of urea groups is 1.